The normalized spacial score (nSPS) is 10.1. The molecule has 4 nitrogen and oxygen atoms in total. The lowest BCUT2D eigenvalue weighted by Gasteiger charge is -2.08. The van der Waals surface area contributed by atoms with Gasteiger partial charge in [-0.05, 0) is 24.6 Å². The highest BCUT2D eigenvalue weighted by Gasteiger charge is 2.09. The summed E-state index contributed by atoms with van der Waals surface area (Å²) in [5.41, 5.74) is 7.30. The zero-order chi connectivity index (χ0) is 15.7. The molecular weight excluding hydrogens is 278 g/mol. The van der Waals surface area contributed by atoms with Gasteiger partial charge in [-0.25, -0.2) is 8.78 Å². The van der Waals surface area contributed by atoms with E-state index in [9.17, 15) is 13.6 Å². The van der Waals surface area contributed by atoms with Crippen LogP contribution in [0.25, 0.3) is 0 Å². The van der Waals surface area contributed by atoms with Gasteiger partial charge >= 0.3 is 0 Å². The number of benzene rings is 1. The van der Waals surface area contributed by atoms with Gasteiger partial charge in [0.15, 0.2) is 0 Å². The lowest BCUT2D eigenvalue weighted by Crippen LogP contribution is -2.28. The van der Waals surface area contributed by atoms with E-state index in [1.807, 2.05) is 6.92 Å². The molecule has 0 aliphatic rings. The highest BCUT2D eigenvalue weighted by Crippen LogP contribution is 2.10. The molecule has 0 saturated carbocycles. The third-order valence-electron chi connectivity index (χ3n) is 2.59. The number of aryl methyl sites for hydroxylation is 1. The van der Waals surface area contributed by atoms with E-state index in [0.717, 1.165) is 5.56 Å². The molecule has 1 rings (SSSR count). The molecule has 0 spiro atoms. The molecule has 0 heterocycles. The summed E-state index contributed by atoms with van der Waals surface area (Å²) in [6, 6.07) is 5.27. The van der Waals surface area contributed by atoms with Crippen LogP contribution < -0.4 is 11.1 Å². The predicted molar refractivity (Wildman–Crippen MR) is 76.3 cm³/mol. The Bertz CT molecular complexity index is 536. The fourth-order valence-electron chi connectivity index (χ4n) is 1.60. The third kappa shape index (κ3) is 6.34. The van der Waals surface area contributed by atoms with Gasteiger partial charge in [0.2, 0.25) is 0 Å². The van der Waals surface area contributed by atoms with Crippen LogP contribution in [0, 0.1) is 18.8 Å². The Morgan fingerprint density at radius 1 is 1.48 bits per heavy atom. The highest BCUT2D eigenvalue weighted by molar-refractivity contribution is 5.96. The molecule has 21 heavy (non-hydrogen) atoms. The average molecular weight is 296 g/mol. The second-order valence-electron chi connectivity index (χ2n) is 4.26. The van der Waals surface area contributed by atoms with Gasteiger partial charge in [0, 0.05) is 17.7 Å². The molecule has 1 aromatic carbocycles. The Morgan fingerprint density at radius 3 is 2.90 bits per heavy atom. The number of nitrogens with one attached hydrogen (secondary N) is 1. The van der Waals surface area contributed by atoms with E-state index in [4.69, 9.17) is 5.73 Å². The van der Waals surface area contributed by atoms with E-state index in [1.165, 1.54) is 0 Å². The van der Waals surface area contributed by atoms with Crippen LogP contribution in [0.5, 0.6) is 0 Å². The lowest BCUT2D eigenvalue weighted by atomic mass is 10.0. The molecule has 3 N–H and O–H groups in total. The molecule has 114 valence electrons. The van der Waals surface area contributed by atoms with Gasteiger partial charge in [0.1, 0.15) is 6.61 Å². The smallest absolute Gasteiger partial charge is 0.261 e. The Hall–Kier alpha value is -1.97. The van der Waals surface area contributed by atoms with E-state index >= 15 is 0 Å². The lowest BCUT2D eigenvalue weighted by molar-refractivity contribution is 0.0188. The summed E-state index contributed by atoms with van der Waals surface area (Å²) in [4.78, 5) is 12.0. The van der Waals surface area contributed by atoms with Gasteiger partial charge < -0.3 is 15.8 Å². The minimum atomic E-state index is -2.50. The standard InChI is InChI=1S/C15H18F2N2O2/c1-11-4-5-12(3-2-6-18)9-13(11)15(20)19-7-8-21-10-14(16)17/h4-5,9,14H,6-8,10,18H2,1H3,(H,19,20). The van der Waals surface area contributed by atoms with Gasteiger partial charge in [-0.2, -0.15) is 0 Å². The van der Waals surface area contributed by atoms with Crippen LogP contribution in [-0.4, -0.2) is 38.6 Å². The number of ether oxygens (including phenoxy) is 1. The van der Waals surface area contributed by atoms with Crippen molar-refractivity contribution in [2.75, 3.05) is 26.3 Å². The molecule has 0 unspecified atom stereocenters. The maximum absolute atomic E-state index is 12.0. The van der Waals surface area contributed by atoms with Crippen molar-refractivity contribution in [1.82, 2.24) is 5.32 Å². The first-order valence-corrected chi connectivity index (χ1v) is 6.48. The van der Waals surface area contributed by atoms with Crippen LogP contribution in [0.2, 0.25) is 0 Å². The maximum atomic E-state index is 12.0. The van der Waals surface area contributed by atoms with E-state index in [1.54, 1.807) is 18.2 Å². The van der Waals surface area contributed by atoms with Crippen LogP contribution in [0.3, 0.4) is 0 Å². The van der Waals surface area contributed by atoms with Crippen LogP contribution in [0.15, 0.2) is 18.2 Å². The third-order valence-corrected chi connectivity index (χ3v) is 2.59. The predicted octanol–water partition coefficient (Wildman–Crippen LogP) is 1.32. The molecule has 0 aliphatic heterocycles. The summed E-state index contributed by atoms with van der Waals surface area (Å²) in [6.45, 7) is 1.64. The largest absolute Gasteiger partial charge is 0.374 e. The number of carbonyl (C=O) groups is 1. The minimum Gasteiger partial charge on any atom is -0.374 e. The second kappa shape index (κ2) is 9.06. The molecule has 0 aliphatic carbocycles. The van der Waals surface area contributed by atoms with E-state index in [2.05, 4.69) is 21.9 Å². The summed E-state index contributed by atoms with van der Waals surface area (Å²) in [5, 5.41) is 2.62. The minimum absolute atomic E-state index is 0.0434. The quantitative estimate of drug-likeness (QED) is 0.614. The SMILES string of the molecule is Cc1ccc(C#CCN)cc1C(=O)NCCOCC(F)F. The van der Waals surface area contributed by atoms with Crippen LogP contribution in [-0.2, 0) is 4.74 Å². The Kier molecular flexibility index (Phi) is 7.37. The second-order valence-corrected chi connectivity index (χ2v) is 4.26. The summed E-state index contributed by atoms with van der Waals surface area (Å²) in [6.07, 6.45) is -2.50. The number of carbonyl (C=O) groups excluding carboxylic acids is 1. The number of nitrogens with two attached hydrogens (primary N) is 1. The molecule has 0 bridgehead atoms. The number of halogens is 2. The van der Waals surface area contributed by atoms with Gasteiger partial charge in [0.25, 0.3) is 12.3 Å². The summed E-state index contributed by atoms with van der Waals surface area (Å²) >= 11 is 0. The van der Waals surface area contributed by atoms with Gasteiger partial charge in [-0.15, -0.1) is 0 Å². The maximum Gasteiger partial charge on any atom is 0.261 e. The Balaban J connectivity index is 2.57. The average Bonchev–Trinajstić information content (AvgIpc) is 2.45. The number of hydrogen-bond donors (Lipinski definition) is 2. The number of alkyl halides is 2. The fraction of sp³-hybridized carbons (Fsp3) is 0.400. The van der Waals surface area contributed by atoms with Crippen LogP contribution >= 0.6 is 0 Å². The monoisotopic (exact) mass is 296 g/mol. The molecule has 1 amide bonds. The van der Waals surface area contributed by atoms with E-state index in [-0.39, 0.29) is 25.6 Å². The van der Waals surface area contributed by atoms with Crippen molar-refractivity contribution in [3.05, 3.63) is 34.9 Å². The molecule has 0 radical (unpaired) electrons. The molecule has 0 aromatic heterocycles. The highest BCUT2D eigenvalue weighted by atomic mass is 19.3. The number of rotatable bonds is 6. The Labute approximate surface area is 122 Å². The molecule has 0 fully saturated rings. The first kappa shape index (κ1) is 17.1. The van der Waals surface area contributed by atoms with E-state index < -0.39 is 13.0 Å². The molecule has 6 heteroatoms. The van der Waals surface area contributed by atoms with Gasteiger partial charge in [0.05, 0.1) is 13.2 Å². The molecule has 1 aromatic rings. The molecular formula is C15H18F2N2O2. The zero-order valence-corrected chi connectivity index (χ0v) is 11.8. The number of amides is 1. The molecule has 0 atom stereocenters. The van der Waals surface area contributed by atoms with Crippen molar-refractivity contribution < 1.29 is 18.3 Å². The fourth-order valence-corrected chi connectivity index (χ4v) is 1.60. The van der Waals surface area contributed by atoms with Crippen molar-refractivity contribution in [2.45, 2.75) is 13.3 Å². The first-order valence-electron chi connectivity index (χ1n) is 6.48. The summed E-state index contributed by atoms with van der Waals surface area (Å²) in [5.74, 6) is 5.28. The summed E-state index contributed by atoms with van der Waals surface area (Å²) in [7, 11) is 0. The van der Waals surface area contributed by atoms with Crippen LogP contribution in [0.4, 0.5) is 8.78 Å². The molecule has 0 saturated heterocycles. The van der Waals surface area contributed by atoms with Crippen molar-refractivity contribution in [2.24, 2.45) is 5.73 Å². The van der Waals surface area contributed by atoms with Crippen molar-refractivity contribution in [1.29, 1.82) is 0 Å². The van der Waals surface area contributed by atoms with E-state index in [0.29, 0.717) is 11.1 Å². The Morgan fingerprint density at radius 2 is 2.24 bits per heavy atom. The van der Waals surface area contributed by atoms with Crippen molar-refractivity contribution in [3.8, 4) is 11.8 Å². The summed E-state index contributed by atoms with van der Waals surface area (Å²) < 4.78 is 28.4. The van der Waals surface area contributed by atoms with Gasteiger partial charge in [-0.1, -0.05) is 17.9 Å². The first-order chi connectivity index (χ1) is 10.0. The zero-order valence-electron chi connectivity index (χ0n) is 11.8. The van der Waals surface area contributed by atoms with Crippen molar-refractivity contribution in [3.63, 3.8) is 0 Å². The van der Waals surface area contributed by atoms with Crippen molar-refractivity contribution >= 4 is 5.91 Å². The number of hydrogen-bond acceptors (Lipinski definition) is 3. The topological polar surface area (TPSA) is 64.4 Å². The van der Waals surface area contributed by atoms with Gasteiger partial charge in [-0.3, -0.25) is 4.79 Å². The van der Waals surface area contributed by atoms with Crippen LogP contribution in [0.1, 0.15) is 21.5 Å².